The predicted molar refractivity (Wildman–Crippen MR) is 70.9 cm³/mol. The molecule has 8 heteroatoms. The molecule has 0 bridgehead atoms. The van der Waals surface area contributed by atoms with Gasteiger partial charge in [-0.3, -0.25) is 5.10 Å². The summed E-state index contributed by atoms with van der Waals surface area (Å²) in [5.41, 5.74) is 5.60. The zero-order chi connectivity index (χ0) is 13.5. The van der Waals surface area contributed by atoms with Crippen LogP contribution in [-0.4, -0.2) is 60.5 Å². The van der Waals surface area contributed by atoms with E-state index >= 15 is 0 Å². The highest BCUT2D eigenvalue weighted by atomic mass is 32.2. The van der Waals surface area contributed by atoms with Crippen LogP contribution in [0, 0.1) is 5.92 Å². The quantitative estimate of drug-likeness (QED) is 0.792. The van der Waals surface area contributed by atoms with Crippen LogP contribution >= 0.6 is 0 Å². The molecule has 0 amide bonds. The molecule has 106 valence electrons. The molecular formula is C11H19N5O2S. The summed E-state index contributed by atoms with van der Waals surface area (Å²) in [6, 6.07) is 0. The van der Waals surface area contributed by atoms with E-state index in [1.807, 2.05) is 0 Å². The van der Waals surface area contributed by atoms with Gasteiger partial charge in [0.05, 0.1) is 6.20 Å². The van der Waals surface area contributed by atoms with Crippen molar-refractivity contribution >= 4 is 15.8 Å². The molecule has 19 heavy (non-hydrogen) atoms. The Balaban J connectivity index is 1.65. The number of nitrogens with two attached hydrogens (primary N) is 1. The van der Waals surface area contributed by atoms with Crippen LogP contribution < -0.4 is 5.73 Å². The van der Waals surface area contributed by atoms with Gasteiger partial charge in [-0.1, -0.05) is 0 Å². The van der Waals surface area contributed by atoms with E-state index in [4.69, 9.17) is 5.73 Å². The highest BCUT2D eigenvalue weighted by Crippen LogP contribution is 2.30. The molecule has 1 aromatic rings. The van der Waals surface area contributed by atoms with E-state index in [-0.39, 0.29) is 10.7 Å². The number of aromatic nitrogens is 2. The molecule has 2 aliphatic rings. The maximum atomic E-state index is 12.4. The Labute approximate surface area is 112 Å². The second kappa shape index (κ2) is 4.77. The third-order valence-electron chi connectivity index (χ3n) is 3.79. The van der Waals surface area contributed by atoms with Crippen molar-refractivity contribution in [3.05, 3.63) is 6.20 Å². The van der Waals surface area contributed by atoms with Gasteiger partial charge in [-0.15, -0.1) is 0 Å². The maximum absolute atomic E-state index is 12.4. The van der Waals surface area contributed by atoms with Crippen molar-refractivity contribution in [3.8, 4) is 0 Å². The van der Waals surface area contributed by atoms with Crippen LogP contribution in [0.3, 0.4) is 0 Å². The van der Waals surface area contributed by atoms with Gasteiger partial charge in [-0.25, -0.2) is 8.42 Å². The smallest absolute Gasteiger partial charge is 0.248 e. The SMILES string of the molecule is Nc1[nH]ncc1S(=O)(=O)N1CCN(CC2CC2)CC1. The van der Waals surface area contributed by atoms with Crippen LogP contribution in [0.25, 0.3) is 0 Å². The van der Waals surface area contributed by atoms with Crippen LogP contribution in [0.2, 0.25) is 0 Å². The van der Waals surface area contributed by atoms with Crippen LogP contribution in [-0.2, 0) is 10.0 Å². The van der Waals surface area contributed by atoms with Gasteiger partial charge in [-0.05, 0) is 18.8 Å². The van der Waals surface area contributed by atoms with Crippen molar-refractivity contribution in [2.75, 3.05) is 38.5 Å². The van der Waals surface area contributed by atoms with Crippen molar-refractivity contribution in [3.63, 3.8) is 0 Å². The first-order valence-electron chi connectivity index (χ1n) is 6.59. The van der Waals surface area contributed by atoms with Crippen LogP contribution in [0.1, 0.15) is 12.8 Å². The van der Waals surface area contributed by atoms with Crippen molar-refractivity contribution in [1.29, 1.82) is 0 Å². The average molecular weight is 285 g/mol. The van der Waals surface area contributed by atoms with Gasteiger partial charge in [0, 0.05) is 32.7 Å². The predicted octanol–water partition coefficient (Wildman–Crippen LogP) is -0.292. The number of rotatable bonds is 4. The Bertz CT molecular complexity index is 543. The molecule has 2 heterocycles. The molecule has 3 N–H and O–H groups in total. The highest BCUT2D eigenvalue weighted by Gasteiger charge is 2.32. The Kier molecular flexibility index (Phi) is 3.23. The number of anilines is 1. The molecule has 0 unspecified atom stereocenters. The third-order valence-corrected chi connectivity index (χ3v) is 5.72. The first-order chi connectivity index (χ1) is 9.07. The fourth-order valence-electron chi connectivity index (χ4n) is 2.45. The van der Waals surface area contributed by atoms with Gasteiger partial charge in [-0.2, -0.15) is 9.40 Å². The van der Waals surface area contributed by atoms with Crippen LogP contribution in [0.4, 0.5) is 5.82 Å². The number of sulfonamides is 1. The molecule has 3 rings (SSSR count). The van der Waals surface area contributed by atoms with Crippen molar-refractivity contribution in [2.24, 2.45) is 5.92 Å². The van der Waals surface area contributed by atoms with Crippen molar-refractivity contribution in [1.82, 2.24) is 19.4 Å². The molecule has 2 fully saturated rings. The summed E-state index contributed by atoms with van der Waals surface area (Å²) in [7, 11) is -3.50. The van der Waals surface area contributed by atoms with Gasteiger partial charge < -0.3 is 10.6 Å². The lowest BCUT2D eigenvalue weighted by atomic mass is 10.3. The topological polar surface area (TPSA) is 95.3 Å². The number of nitrogen functional groups attached to an aromatic ring is 1. The number of hydrogen-bond donors (Lipinski definition) is 2. The zero-order valence-corrected chi connectivity index (χ0v) is 11.6. The van der Waals surface area contributed by atoms with Crippen molar-refractivity contribution in [2.45, 2.75) is 17.7 Å². The number of nitrogens with one attached hydrogen (secondary N) is 1. The van der Waals surface area contributed by atoms with E-state index in [2.05, 4.69) is 15.1 Å². The van der Waals surface area contributed by atoms with Gasteiger partial charge in [0.15, 0.2) is 0 Å². The largest absolute Gasteiger partial charge is 0.383 e. The summed E-state index contributed by atoms with van der Waals surface area (Å²) in [5, 5.41) is 6.15. The molecule has 1 aliphatic carbocycles. The Morgan fingerprint density at radius 2 is 2.00 bits per heavy atom. The minimum atomic E-state index is -3.50. The number of nitrogens with zero attached hydrogens (tertiary/aromatic N) is 3. The lowest BCUT2D eigenvalue weighted by Crippen LogP contribution is -2.49. The number of piperazine rings is 1. The summed E-state index contributed by atoms with van der Waals surface area (Å²) in [6.07, 6.45) is 3.93. The molecule has 1 aliphatic heterocycles. The van der Waals surface area contributed by atoms with Gasteiger partial charge in [0.1, 0.15) is 10.7 Å². The van der Waals surface area contributed by atoms with E-state index in [0.717, 1.165) is 25.6 Å². The molecule has 0 radical (unpaired) electrons. The van der Waals surface area contributed by atoms with Crippen LogP contribution in [0.15, 0.2) is 11.1 Å². The summed E-state index contributed by atoms with van der Waals surface area (Å²) in [6.45, 7) is 3.77. The van der Waals surface area contributed by atoms with Gasteiger partial charge in [0.2, 0.25) is 10.0 Å². The highest BCUT2D eigenvalue weighted by molar-refractivity contribution is 7.89. The fraction of sp³-hybridized carbons (Fsp3) is 0.727. The number of aromatic amines is 1. The molecular weight excluding hydrogens is 266 g/mol. The zero-order valence-electron chi connectivity index (χ0n) is 10.7. The second-order valence-corrected chi connectivity index (χ2v) is 7.20. The normalized spacial score (nSPS) is 22.7. The summed E-state index contributed by atoms with van der Waals surface area (Å²) in [4.78, 5) is 2.44. The standard InChI is InChI=1S/C11H19N5O2S/c12-11-10(7-13-14-11)19(17,18)16-5-3-15(4-6-16)8-9-1-2-9/h7,9H,1-6,8H2,(H3,12,13,14). The monoisotopic (exact) mass is 285 g/mol. The fourth-order valence-corrected chi connectivity index (χ4v) is 3.88. The van der Waals surface area contributed by atoms with Crippen LogP contribution in [0.5, 0.6) is 0 Å². The van der Waals surface area contributed by atoms with E-state index in [1.165, 1.54) is 23.3 Å². The average Bonchev–Trinajstić information content (AvgIpc) is 3.08. The number of H-pyrrole nitrogens is 1. The first kappa shape index (κ1) is 12.9. The van der Waals surface area contributed by atoms with E-state index < -0.39 is 10.0 Å². The second-order valence-electron chi connectivity index (χ2n) is 5.30. The lowest BCUT2D eigenvalue weighted by Gasteiger charge is -2.33. The third kappa shape index (κ3) is 2.60. The van der Waals surface area contributed by atoms with Crippen molar-refractivity contribution < 1.29 is 8.42 Å². The molecule has 0 spiro atoms. The molecule has 1 saturated carbocycles. The van der Waals surface area contributed by atoms with Gasteiger partial charge >= 0.3 is 0 Å². The Morgan fingerprint density at radius 1 is 1.32 bits per heavy atom. The molecule has 1 aromatic heterocycles. The minimum absolute atomic E-state index is 0.0862. The summed E-state index contributed by atoms with van der Waals surface area (Å²) < 4.78 is 26.3. The Morgan fingerprint density at radius 3 is 2.53 bits per heavy atom. The molecule has 1 saturated heterocycles. The molecule has 0 atom stereocenters. The minimum Gasteiger partial charge on any atom is -0.383 e. The summed E-state index contributed by atoms with van der Waals surface area (Å²) in [5.74, 6) is 0.952. The van der Waals surface area contributed by atoms with E-state index in [9.17, 15) is 8.42 Å². The maximum Gasteiger partial charge on any atom is 0.248 e. The Hall–Kier alpha value is -1.12. The van der Waals surface area contributed by atoms with E-state index in [0.29, 0.717) is 13.1 Å². The molecule has 0 aromatic carbocycles. The van der Waals surface area contributed by atoms with Gasteiger partial charge in [0.25, 0.3) is 0 Å². The molecule has 7 nitrogen and oxygen atoms in total. The lowest BCUT2D eigenvalue weighted by molar-refractivity contribution is 0.182. The summed E-state index contributed by atoms with van der Waals surface area (Å²) >= 11 is 0. The van der Waals surface area contributed by atoms with E-state index in [1.54, 1.807) is 0 Å². The first-order valence-corrected chi connectivity index (χ1v) is 8.03. The number of hydrogen-bond acceptors (Lipinski definition) is 5.